The molecule has 0 saturated carbocycles. The van der Waals surface area contributed by atoms with E-state index in [2.05, 4.69) is 20.9 Å². The summed E-state index contributed by atoms with van der Waals surface area (Å²) in [6, 6.07) is 0. The third kappa shape index (κ3) is 13.4. The van der Waals surface area contributed by atoms with Crippen LogP contribution < -0.4 is 24.0 Å². The standard InChI is InChI=1S/C16H36NO.HI/c1-4-6-8-10-14-17(3,13-9-7-5-2)15-11-12-16-18;/h18H,4-16H2,1-3H3;1H/q+1;/p-1. The Labute approximate surface area is 138 Å². The highest BCUT2D eigenvalue weighted by Crippen LogP contribution is 2.13. The van der Waals surface area contributed by atoms with Gasteiger partial charge in [0.05, 0.1) is 26.7 Å². The maximum Gasteiger partial charge on any atom is 0.0785 e. The Morgan fingerprint density at radius 3 is 1.58 bits per heavy atom. The van der Waals surface area contributed by atoms with Gasteiger partial charge in [-0.25, -0.2) is 0 Å². The molecule has 19 heavy (non-hydrogen) atoms. The van der Waals surface area contributed by atoms with Crippen LogP contribution >= 0.6 is 0 Å². The van der Waals surface area contributed by atoms with Crippen LogP contribution in [0.4, 0.5) is 0 Å². The van der Waals surface area contributed by atoms with Gasteiger partial charge in [-0.05, 0) is 38.5 Å². The Hall–Kier alpha value is 0.650. The average molecular weight is 385 g/mol. The summed E-state index contributed by atoms with van der Waals surface area (Å²) >= 11 is 0. The highest BCUT2D eigenvalue weighted by Gasteiger charge is 2.19. The Bertz CT molecular complexity index is 166. The Balaban J connectivity index is 0. The number of aliphatic hydroxyl groups is 1. The molecule has 0 heterocycles. The fourth-order valence-corrected chi connectivity index (χ4v) is 2.60. The topological polar surface area (TPSA) is 20.2 Å². The predicted octanol–water partition coefficient (Wildman–Crippen LogP) is 0.980. The first-order valence-electron chi connectivity index (χ1n) is 8.13. The molecule has 0 aromatic heterocycles. The van der Waals surface area contributed by atoms with E-state index in [1.165, 1.54) is 75.5 Å². The smallest absolute Gasteiger partial charge is 0.0785 e. The van der Waals surface area contributed by atoms with Gasteiger partial charge in [0.15, 0.2) is 0 Å². The van der Waals surface area contributed by atoms with Gasteiger partial charge in [-0.2, -0.15) is 0 Å². The van der Waals surface area contributed by atoms with Crippen LogP contribution in [0.3, 0.4) is 0 Å². The molecule has 0 radical (unpaired) electrons. The molecule has 2 nitrogen and oxygen atoms in total. The fourth-order valence-electron chi connectivity index (χ4n) is 2.60. The Morgan fingerprint density at radius 2 is 1.11 bits per heavy atom. The van der Waals surface area contributed by atoms with Gasteiger partial charge in [0.1, 0.15) is 0 Å². The molecule has 3 heteroatoms. The van der Waals surface area contributed by atoms with Crippen LogP contribution in [0, 0.1) is 0 Å². The highest BCUT2D eigenvalue weighted by atomic mass is 127. The molecule has 0 amide bonds. The normalized spacial score (nSPS) is 13.9. The SMILES string of the molecule is CCCCCC[N+](C)(CCCCC)CCCCO.[I-]. The molecular weight excluding hydrogens is 349 g/mol. The number of halogens is 1. The summed E-state index contributed by atoms with van der Waals surface area (Å²) < 4.78 is 1.23. The lowest BCUT2D eigenvalue weighted by molar-refractivity contribution is -0.910. The number of hydrogen-bond donors (Lipinski definition) is 1. The van der Waals surface area contributed by atoms with Crippen molar-refractivity contribution in [1.82, 2.24) is 0 Å². The summed E-state index contributed by atoms with van der Waals surface area (Å²) in [5.74, 6) is 0. The third-order valence-corrected chi connectivity index (χ3v) is 3.96. The van der Waals surface area contributed by atoms with Crippen LogP contribution in [-0.4, -0.2) is 42.9 Å². The van der Waals surface area contributed by atoms with Crippen LogP contribution in [0.5, 0.6) is 0 Å². The van der Waals surface area contributed by atoms with E-state index in [1.807, 2.05) is 0 Å². The molecule has 1 atom stereocenters. The summed E-state index contributed by atoms with van der Waals surface area (Å²) in [6.45, 7) is 8.80. The molecule has 0 aromatic rings. The molecule has 1 N–H and O–H groups in total. The van der Waals surface area contributed by atoms with E-state index in [-0.39, 0.29) is 24.0 Å². The highest BCUT2D eigenvalue weighted by molar-refractivity contribution is 4.47. The van der Waals surface area contributed by atoms with Crippen molar-refractivity contribution in [1.29, 1.82) is 0 Å². The van der Waals surface area contributed by atoms with Crippen molar-refractivity contribution < 1.29 is 33.6 Å². The molecule has 0 aliphatic rings. The van der Waals surface area contributed by atoms with E-state index in [9.17, 15) is 0 Å². The first-order chi connectivity index (χ1) is 8.68. The fraction of sp³-hybridized carbons (Fsp3) is 1.00. The minimum Gasteiger partial charge on any atom is -1.00 e. The largest absolute Gasteiger partial charge is 1.00 e. The second-order valence-electron chi connectivity index (χ2n) is 5.99. The van der Waals surface area contributed by atoms with Crippen LogP contribution in [0.2, 0.25) is 0 Å². The van der Waals surface area contributed by atoms with E-state index in [4.69, 9.17) is 5.11 Å². The average Bonchev–Trinajstić information content (AvgIpc) is 2.36. The zero-order chi connectivity index (χ0) is 13.7. The lowest BCUT2D eigenvalue weighted by Gasteiger charge is -2.35. The lowest BCUT2D eigenvalue weighted by Crippen LogP contribution is -3.00. The van der Waals surface area contributed by atoms with Gasteiger partial charge < -0.3 is 33.6 Å². The Morgan fingerprint density at radius 1 is 0.684 bits per heavy atom. The first-order valence-corrected chi connectivity index (χ1v) is 8.13. The lowest BCUT2D eigenvalue weighted by atomic mass is 10.1. The second-order valence-corrected chi connectivity index (χ2v) is 5.99. The van der Waals surface area contributed by atoms with Gasteiger partial charge in [0, 0.05) is 6.61 Å². The molecule has 0 rings (SSSR count). The number of quaternary nitrogens is 1. The van der Waals surface area contributed by atoms with Crippen molar-refractivity contribution in [3.8, 4) is 0 Å². The number of unbranched alkanes of at least 4 members (excludes halogenated alkanes) is 6. The molecule has 0 bridgehead atoms. The van der Waals surface area contributed by atoms with Gasteiger partial charge >= 0.3 is 0 Å². The maximum absolute atomic E-state index is 8.92. The van der Waals surface area contributed by atoms with Gasteiger partial charge in [-0.3, -0.25) is 0 Å². The minimum absolute atomic E-state index is 0. The molecule has 1 unspecified atom stereocenters. The number of nitrogens with zero attached hydrogens (tertiary/aromatic N) is 1. The molecule has 0 aliphatic carbocycles. The van der Waals surface area contributed by atoms with Crippen LogP contribution in [-0.2, 0) is 0 Å². The van der Waals surface area contributed by atoms with Gasteiger partial charge in [-0.15, -0.1) is 0 Å². The van der Waals surface area contributed by atoms with Crippen molar-refractivity contribution in [3.63, 3.8) is 0 Å². The number of hydrogen-bond acceptors (Lipinski definition) is 1. The molecule has 0 aliphatic heterocycles. The third-order valence-electron chi connectivity index (χ3n) is 3.96. The number of rotatable bonds is 13. The van der Waals surface area contributed by atoms with E-state index in [1.54, 1.807) is 0 Å². The quantitative estimate of drug-likeness (QED) is 0.285. The van der Waals surface area contributed by atoms with Crippen molar-refractivity contribution in [2.45, 2.75) is 71.6 Å². The summed E-state index contributed by atoms with van der Waals surface area (Å²) in [4.78, 5) is 0. The zero-order valence-corrected chi connectivity index (χ0v) is 15.6. The molecule has 0 saturated heterocycles. The molecule has 0 spiro atoms. The van der Waals surface area contributed by atoms with E-state index in [0.717, 1.165) is 6.42 Å². The monoisotopic (exact) mass is 385 g/mol. The van der Waals surface area contributed by atoms with Crippen molar-refractivity contribution in [2.75, 3.05) is 33.3 Å². The molecule has 0 fully saturated rings. The summed E-state index contributed by atoms with van der Waals surface area (Å²) in [5.41, 5.74) is 0. The van der Waals surface area contributed by atoms with Crippen LogP contribution in [0.25, 0.3) is 0 Å². The van der Waals surface area contributed by atoms with E-state index >= 15 is 0 Å². The van der Waals surface area contributed by atoms with Crippen molar-refractivity contribution >= 4 is 0 Å². The number of aliphatic hydroxyl groups excluding tert-OH is 1. The van der Waals surface area contributed by atoms with Crippen molar-refractivity contribution in [2.24, 2.45) is 0 Å². The second kappa shape index (κ2) is 15.0. The summed E-state index contributed by atoms with van der Waals surface area (Å²) in [6.07, 6.45) is 11.6. The summed E-state index contributed by atoms with van der Waals surface area (Å²) in [7, 11) is 2.42. The first kappa shape index (κ1) is 21.9. The zero-order valence-electron chi connectivity index (χ0n) is 13.5. The van der Waals surface area contributed by atoms with Gasteiger partial charge in [-0.1, -0.05) is 33.1 Å². The van der Waals surface area contributed by atoms with Gasteiger partial charge in [0.2, 0.25) is 0 Å². The van der Waals surface area contributed by atoms with E-state index < -0.39 is 0 Å². The predicted molar refractivity (Wildman–Crippen MR) is 80.8 cm³/mol. The molecule has 0 aromatic carbocycles. The van der Waals surface area contributed by atoms with Crippen molar-refractivity contribution in [3.05, 3.63) is 0 Å². The summed E-state index contributed by atoms with van der Waals surface area (Å²) in [5, 5.41) is 8.92. The Kier molecular flexibility index (Phi) is 17.4. The van der Waals surface area contributed by atoms with E-state index in [0.29, 0.717) is 6.61 Å². The van der Waals surface area contributed by atoms with Crippen LogP contribution in [0.15, 0.2) is 0 Å². The van der Waals surface area contributed by atoms with Gasteiger partial charge in [0.25, 0.3) is 0 Å². The minimum atomic E-state index is 0. The molecule has 118 valence electrons. The van der Waals surface area contributed by atoms with Crippen LogP contribution in [0.1, 0.15) is 71.6 Å². The molecular formula is C16H36INO. The maximum atomic E-state index is 8.92.